The molecule has 0 radical (unpaired) electrons. The van der Waals surface area contributed by atoms with Gasteiger partial charge < -0.3 is 10.2 Å². The summed E-state index contributed by atoms with van der Waals surface area (Å²) in [6, 6.07) is 8.11. The van der Waals surface area contributed by atoms with Crippen LogP contribution in [0.5, 0.6) is 0 Å². The lowest BCUT2D eigenvalue weighted by Gasteiger charge is -2.32. The second kappa shape index (κ2) is 6.76. The molecule has 1 N–H and O–H groups in total. The van der Waals surface area contributed by atoms with Gasteiger partial charge in [0.15, 0.2) is 5.13 Å². The zero-order valence-corrected chi connectivity index (χ0v) is 16.2. The third-order valence-electron chi connectivity index (χ3n) is 4.49. The molecule has 0 spiro atoms. The average Bonchev–Trinajstić information content (AvgIpc) is 3.21. The number of aromatic nitrogens is 3. The van der Waals surface area contributed by atoms with Crippen LogP contribution in [-0.4, -0.2) is 39.8 Å². The van der Waals surface area contributed by atoms with Crippen molar-refractivity contribution in [1.29, 1.82) is 0 Å². The summed E-state index contributed by atoms with van der Waals surface area (Å²) in [7, 11) is 1.78. The van der Waals surface area contributed by atoms with Crippen LogP contribution < -0.4 is 10.2 Å². The summed E-state index contributed by atoms with van der Waals surface area (Å²) >= 11 is 5.23. The second-order valence-electron chi connectivity index (χ2n) is 6.18. The van der Waals surface area contributed by atoms with Crippen LogP contribution in [0.2, 0.25) is 0 Å². The number of thiazole rings is 1. The van der Waals surface area contributed by atoms with Crippen molar-refractivity contribution >= 4 is 48.5 Å². The van der Waals surface area contributed by atoms with E-state index in [9.17, 15) is 4.79 Å². The van der Waals surface area contributed by atoms with Gasteiger partial charge in [0.1, 0.15) is 5.69 Å². The van der Waals surface area contributed by atoms with Gasteiger partial charge in [-0.1, -0.05) is 27.3 Å². The fourth-order valence-electron chi connectivity index (χ4n) is 3.09. The van der Waals surface area contributed by atoms with E-state index in [0.29, 0.717) is 5.69 Å². The third-order valence-corrected chi connectivity index (χ3v) is 6.07. The van der Waals surface area contributed by atoms with Gasteiger partial charge in [-0.15, -0.1) is 0 Å². The fourth-order valence-corrected chi connectivity index (χ4v) is 4.66. The Morgan fingerprint density at radius 2 is 2.12 bits per heavy atom. The Bertz CT molecular complexity index is 913. The maximum absolute atomic E-state index is 12.3. The van der Waals surface area contributed by atoms with E-state index in [0.717, 1.165) is 41.1 Å². The van der Waals surface area contributed by atoms with Gasteiger partial charge in [0.2, 0.25) is 0 Å². The number of hydrogen-bond donors (Lipinski definition) is 1. The topological polar surface area (TPSA) is 63.1 Å². The Hall–Kier alpha value is -1.93. The monoisotopic (exact) mass is 419 g/mol. The molecular weight excluding hydrogens is 402 g/mol. The lowest BCUT2D eigenvalue weighted by Crippen LogP contribution is -2.45. The number of anilines is 1. The molecule has 3 aromatic rings. The Balaban J connectivity index is 1.39. The van der Waals surface area contributed by atoms with Gasteiger partial charge in [-0.05, 0) is 37.1 Å². The van der Waals surface area contributed by atoms with Crippen molar-refractivity contribution in [2.75, 3.05) is 18.0 Å². The number of aryl methyl sites for hydroxylation is 1. The molecular formula is C17H18BrN5OS. The molecule has 130 valence electrons. The molecule has 0 atom stereocenters. The summed E-state index contributed by atoms with van der Waals surface area (Å²) in [5.41, 5.74) is 1.63. The molecule has 1 aliphatic heterocycles. The molecule has 3 heterocycles. The molecule has 25 heavy (non-hydrogen) atoms. The minimum absolute atomic E-state index is 0.0525. The van der Waals surface area contributed by atoms with E-state index in [1.807, 2.05) is 12.1 Å². The van der Waals surface area contributed by atoms with Crippen LogP contribution in [0.15, 0.2) is 34.9 Å². The highest BCUT2D eigenvalue weighted by Crippen LogP contribution is 2.32. The summed E-state index contributed by atoms with van der Waals surface area (Å²) in [4.78, 5) is 19.3. The minimum atomic E-state index is -0.0525. The first kappa shape index (κ1) is 16.5. The van der Waals surface area contributed by atoms with Crippen molar-refractivity contribution in [2.45, 2.75) is 18.9 Å². The highest BCUT2D eigenvalue weighted by Gasteiger charge is 2.24. The molecule has 4 rings (SSSR count). The molecule has 0 saturated carbocycles. The number of nitrogens with zero attached hydrogens (tertiary/aromatic N) is 4. The third kappa shape index (κ3) is 3.41. The maximum atomic E-state index is 12.3. The zero-order valence-electron chi connectivity index (χ0n) is 13.8. The predicted octanol–water partition coefficient (Wildman–Crippen LogP) is 3.19. The van der Waals surface area contributed by atoms with Crippen molar-refractivity contribution in [3.05, 3.63) is 40.6 Å². The number of halogens is 1. The van der Waals surface area contributed by atoms with Crippen LogP contribution in [0, 0.1) is 0 Å². The fraction of sp³-hybridized carbons (Fsp3) is 0.353. The first-order valence-corrected chi connectivity index (χ1v) is 9.81. The molecule has 0 unspecified atom stereocenters. The van der Waals surface area contributed by atoms with Crippen molar-refractivity contribution in [2.24, 2.45) is 7.05 Å². The van der Waals surface area contributed by atoms with E-state index in [4.69, 9.17) is 4.98 Å². The SMILES string of the molecule is Cn1nccc1C(=O)NC1CCN(c2nc3ccc(Br)cc3s2)CC1. The number of carbonyl (C=O) groups is 1. The van der Waals surface area contributed by atoms with Crippen LogP contribution in [0.1, 0.15) is 23.3 Å². The van der Waals surface area contributed by atoms with Gasteiger partial charge in [-0.25, -0.2) is 4.98 Å². The van der Waals surface area contributed by atoms with Crippen LogP contribution in [0.4, 0.5) is 5.13 Å². The zero-order chi connectivity index (χ0) is 17.4. The highest BCUT2D eigenvalue weighted by molar-refractivity contribution is 9.10. The van der Waals surface area contributed by atoms with E-state index in [1.165, 1.54) is 4.70 Å². The van der Waals surface area contributed by atoms with Gasteiger partial charge in [-0.3, -0.25) is 9.48 Å². The number of piperidine rings is 1. The molecule has 1 aromatic carbocycles. The van der Waals surface area contributed by atoms with Gasteiger partial charge in [0.05, 0.1) is 10.2 Å². The Labute approximate surface area is 158 Å². The van der Waals surface area contributed by atoms with E-state index in [2.05, 4.69) is 37.3 Å². The lowest BCUT2D eigenvalue weighted by atomic mass is 10.1. The largest absolute Gasteiger partial charge is 0.348 e. The molecule has 6 nitrogen and oxygen atoms in total. The normalized spacial score (nSPS) is 15.7. The summed E-state index contributed by atoms with van der Waals surface area (Å²) in [5, 5.41) is 8.23. The molecule has 0 bridgehead atoms. The number of fused-ring (bicyclic) bond motifs is 1. The number of carbonyl (C=O) groups excluding carboxylic acids is 1. The van der Waals surface area contributed by atoms with Crippen molar-refractivity contribution < 1.29 is 4.79 Å². The highest BCUT2D eigenvalue weighted by atomic mass is 79.9. The van der Waals surface area contributed by atoms with Gasteiger partial charge in [0, 0.05) is 36.8 Å². The van der Waals surface area contributed by atoms with Gasteiger partial charge in [-0.2, -0.15) is 5.10 Å². The van der Waals surface area contributed by atoms with E-state index >= 15 is 0 Å². The van der Waals surface area contributed by atoms with Crippen molar-refractivity contribution in [1.82, 2.24) is 20.1 Å². The number of rotatable bonds is 3. The molecule has 1 saturated heterocycles. The number of amides is 1. The molecule has 2 aromatic heterocycles. The number of nitrogens with one attached hydrogen (secondary N) is 1. The quantitative estimate of drug-likeness (QED) is 0.707. The van der Waals surface area contributed by atoms with E-state index < -0.39 is 0 Å². The molecule has 8 heteroatoms. The first-order chi connectivity index (χ1) is 12.1. The van der Waals surface area contributed by atoms with E-state index in [1.54, 1.807) is 35.3 Å². The van der Waals surface area contributed by atoms with Crippen LogP contribution in [0.3, 0.4) is 0 Å². The summed E-state index contributed by atoms with van der Waals surface area (Å²) < 4.78 is 3.87. The van der Waals surface area contributed by atoms with Crippen LogP contribution >= 0.6 is 27.3 Å². The molecule has 1 amide bonds. The lowest BCUT2D eigenvalue weighted by molar-refractivity contribution is 0.0921. The van der Waals surface area contributed by atoms with Crippen LogP contribution in [0.25, 0.3) is 10.2 Å². The van der Waals surface area contributed by atoms with Crippen molar-refractivity contribution in [3.8, 4) is 0 Å². The van der Waals surface area contributed by atoms with E-state index in [-0.39, 0.29) is 11.9 Å². The molecule has 1 aliphatic rings. The Morgan fingerprint density at radius 3 is 2.84 bits per heavy atom. The summed E-state index contributed by atoms with van der Waals surface area (Å²) in [6.45, 7) is 1.80. The van der Waals surface area contributed by atoms with Crippen molar-refractivity contribution in [3.63, 3.8) is 0 Å². The second-order valence-corrected chi connectivity index (χ2v) is 8.11. The smallest absolute Gasteiger partial charge is 0.269 e. The summed E-state index contributed by atoms with van der Waals surface area (Å²) in [6.07, 6.45) is 3.48. The summed E-state index contributed by atoms with van der Waals surface area (Å²) in [5.74, 6) is -0.0525. The average molecular weight is 420 g/mol. The minimum Gasteiger partial charge on any atom is -0.348 e. The first-order valence-electron chi connectivity index (χ1n) is 8.20. The predicted molar refractivity (Wildman–Crippen MR) is 103 cm³/mol. The van der Waals surface area contributed by atoms with Gasteiger partial charge in [0.25, 0.3) is 5.91 Å². The number of hydrogen-bond acceptors (Lipinski definition) is 5. The standard InChI is InChI=1S/C17H18BrN5OS/c1-22-14(4-7-19-22)16(24)20-12-5-8-23(9-6-12)17-21-13-3-2-11(18)10-15(13)25-17/h2-4,7,10,12H,5-6,8-9H2,1H3,(H,20,24). The molecule has 1 fully saturated rings. The van der Waals surface area contributed by atoms with Crippen LogP contribution in [-0.2, 0) is 7.05 Å². The van der Waals surface area contributed by atoms with Gasteiger partial charge >= 0.3 is 0 Å². The maximum Gasteiger partial charge on any atom is 0.269 e. The number of benzene rings is 1. The Morgan fingerprint density at radius 1 is 1.32 bits per heavy atom. The molecule has 0 aliphatic carbocycles. The Kier molecular flexibility index (Phi) is 4.47.